The molecule has 8 heteroatoms. The zero-order valence-electron chi connectivity index (χ0n) is 7.56. The number of rotatable bonds is 3. The van der Waals surface area contributed by atoms with E-state index in [1.165, 1.54) is 12.5 Å². The number of halogens is 1. The summed E-state index contributed by atoms with van der Waals surface area (Å²) in [5, 5.41) is 20.9. The summed E-state index contributed by atoms with van der Waals surface area (Å²) in [6, 6.07) is 1.68. The summed E-state index contributed by atoms with van der Waals surface area (Å²) >= 11 is 0. The smallest absolute Gasteiger partial charge is 0.258 e. The van der Waals surface area contributed by atoms with Crippen LogP contribution < -0.4 is 5.54 Å². The molecule has 0 radical (unpaired) electrons. The number of nitro benzene ring substituents is 2. The van der Waals surface area contributed by atoms with Crippen LogP contribution in [0.2, 0.25) is 0 Å². The standard InChI is InChI=1S/C7H6FN3O4/c1-4-6(9-8)2-5(10(12)13)3-7(4)11(14)15/h2-3,9H,1H3. The Kier molecular flexibility index (Phi) is 2.79. The van der Waals surface area contributed by atoms with Crippen LogP contribution in [0.5, 0.6) is 0 Å². The van der Waals surface area contributed by atoms with Crippen LogP contribution in [-0.4, -0.2) is 9.85 Å². The molecule has 1 aromatic rings. The van der Waals surface area contributed by atoms with Crippen molar-refractivity contribution in [1.82, 2.24) is 0 Å². The van der Waals surface area contributed by atoms with Gasteiger partial charge in [-0.05, 0) is 6.92 Å². The fraction of sp³-hybridized carbons (Fsp3) is 0.143. The molecular weight excluding hydrogens is 209 g/mol. The van der Waals surface area contributed by atoms with Crippen LogP contribution in [0, 0.1) is 27.2 Å². The second-order valence-electron chi connectivity index (χ2n) is 2.75. The molecule has 1 N–H and O–H groups in total. The molecule has 1 rings (SSSR count). The average molecular weight is 215 g/mol. The molecule has 80 valence electrons. The van der Waals surface area contributed by atoms with E-state index >= 15 is 0 Å². The molecule has 1 aromatic carbocycles. The molecule has 0 unspecified atom stereocenters. The molecule has 0 heterocycles. The molecular formula is C7H6FN3O4. The first-order valence-corrected chi connectivity index (χ1v) is 3.77. The Morgan fingerprint density at radius 3 is 2.27 bits per heavy atom. The maximum Gasteiger partial charge on any atom is 0.281 e. The SMILES string of the molecule is Cc1c(NF)cc([N+](=O)[O-])cc1[N+](=O)[O-]. The summed E-state index contributed by atoms with van der Waals surface area (Å²) in [7, 11) is 0. The first-order valence-electron chi connectivity index (χ1n) is 3.77. The van der Waals surface area contributed by atoms with Gasteiger partial charge >= 0.3 is 0 Å². The molecule has 0 bridgehead atoms. The van der Waals surface area contributed by atoms with Gasteiger partial charge in [0.15, 0.2) is 0 Å². The van der Waals surface area contributed by atoms with Gasteiger partial charge in [-0.15, -0.1) is 4.48 Å². The van der Waals surface area contributed by atoms with Crippen LogP contribution in [0.25, 0.3) is 0 Å². The molecule has 0 spiro atoms. The van der Waals surface area contributed by atoms with Crippen molar-refractivity contribution in [1.29, 1.82) is 0 Å². The number of anilines is 1. The highest BCUT2D eigenvalue weighted by molar-refractivity contribution is 5.64. The molecule has 0 saturated heterocycles. The molecule has 0 saturated carbocycles. The lowest BCUT2D eigenvalue weighted by molar-refractivity contribution is -0.394. The molecule has 7 nitrogen and oxygen atoms in total. The molecule has 0 aliphatic heterocycles. The van der Waals surface area contributed by atoms with Gasteiger partial charge in [-0.1, -0.05) is 0 Å². The summed E-state index contributed by atoms with van der Waals surface area (Å²) in [5.74, 6) is 0. The molecule has 0 aromatic heterocycles. The van der Waals surface area contributed by atoms with Crippen LogP contribution in [-0.2, 0) is 0 Å². The van der Waals surface area contributed by atoms with Gasteiger partial charge in [0.1, 0.15) is 0 Å². The van der Waals surface area contributed by atoms with Crippen LogP contribution in [0.4, 0.5) is 21.5 Å². The number of benzene rings is 1. The van der Waals surface area contributed by atoms with Crippen molar-refractivity contribution < 1.29 is 14.3 Å². The second kappa shape index (κ2) is 3.86. The normalized spacial score (nSPS) is 9.73. The molecule has 0 aliphatic rings. The Balaban J connectivity index is 3.45. The molecule has 0 amide bonds. The van der Waals surface area contributed by atoms with Crippen molar-refractivity contribution in [3.63, 3.8) is 0 Å². The lowest BCUT2D eigenvalue weighted by Crippen LogP contribution is -1.98. The second-order valence-corrected chi connectivity index (χ2v) is 2.75. The zero-order valence-corrected chi connectivity index (χ0v) is 7.56. The van der Waals surface area contributed by atoms with Crippen molar-refractivity contribution in [2.45, 2.75) is 6.92 Å². The van der Waals surface area contributed by atoms with E-state index in [4.69, 9.17) is 0 Å². The van der Waals surface area contributed by atoms with Gasteiger partial charge in [-0.25, -0.2) is 5.54 Å². The molecule has 15 heavy (non-hydrogen) atoms. The van der Waals surface area contributed by atoms with Gasteiger partial charge in [0.25, 0.3) is 11.4 Å². The lowest BCUT2D eigenvalue weighted by atomic mass is 10.1. The van der Waals surface area contributed by atoms with Gasteiger partial charge in [-0.2, -0.15) is 0 Å². The topological polar surface area (TPSA) is 98.3 Å². The van der Waals surface area contributed by atoms with Crippen LogP contribution in [0.15, 0.2) is 12.1 Å². The van der Waals surface area contributed by atoms with Gasteiger partial charge in [-0.3, -0.25) is 20.2 Å². The van der Waals surface area contributed by atoms with E-state index in [9.17, 15) is 24.7 Å². The van der Waals surface area contributed by atoms with E-state index in [1.807, 2.05) is 0 Å². The maximum absolute atomic E-state index is 12.2. The number of nitrogens with zero attached hydrogens (tertiary/aromatic N) is 2. The lowest BCUT2D eigenvalue weighted by Gasteiger charge is -2.02. The van der Waals surface area contributed by atoms with Gasteiger partial charge in [0, 0.05) is 6.07 Å². The highest BCUT2D eigenvalue weighted by Crippen LogP contribution is 2.31. The van der Waals surface area contributed by atoms with Crippen molar-refractivity contribution in [2.75, 3.05) is 5.54 Å². The fourth-order valence-electron chi connectivity index (χ4n) is 1.08. The van der Waals surface area contributed by atoms with Gasteiger partial charge in [0.05, 0.1) is 27.2 Å². The summed E-state index contributed by atoms with van der Waals surface area (Å²) < 4.78 is 12.2. The Labute approximate surface area is 82.8 Å². The number of hydrogen-bond donors (Lipinski definition) is 1. The van der Waals surface area contributed by atoms with Crippen molar-refractivity contribution in [3.8, 4) is 0 Å². The Morgan fingerprint density at radius 1 is 1.27 bits per heavy atom. The number of non-ortho nitro benzene ring substituents is 1. The number of hydrogen-bond acceptors (Lipinski definition) is 5. The Morgan fingerprint density at radius 2 is 1.87 bits per heavy atom. The van der Waals surface area contributed by atoms with Gasteiger partial charge < -0.3 is 0 Å². The summed E-state index contributed by atoms with van der Waals surface area (Å²) in [5.41, 5.74) is -0.128. The first kappa shape index (κ1) is 10.8. The third kappa shape index (κ3) is 1.98. The van der Waals surface area contributed by atoms with Crippen molar-refractivity contribution in [2.24, 2.45) is 0 Å². The van der Waals surface area contributed by atoms with E-state index in [0.717, 1.165) is 12.1 Å². The average Bonchev–Trinajstić information content (AvgIpc) is 2.17. The van der Waals surface area contributed by atoms with Crippen molar-refractivity contribution in [3.05, 3.63) is 37.9 Å². The van der Waals surface area contributed by atoms with Crippen LogP contribution in [0.1, 0.15) is 5.56 Å². The minimum absolute atomic E-state index is 0.00750. The predicted molar refractivity (Wildman–Crippen MR) is 49.2 cm³/mol. The number of nitrogens with one attached hydrogen (secondary N) is 1. The van der Waals surface area contributed by atoms with E-state index in [0.29, 0.717) is 0 Å². The molecule has 0 fully saturated rings. The highest BCUT2D eigenvalue weighted by atomic mass is 19.2. The first-order chi connectivity index (χ1) is 6.97. The monoisotopic (exact) mass is 215 g/mol. The number of nitro groups is 2. The van der Waals surface area contributed by atoms with E-state index in [-0.39, 0.29) is 11.3 Å². The molecule has 0 aliphatic carbocycles. The van der Waals surface area contributed by atoms with E-state index in [1.54, 1.807) is 0 Å². The Bertz CT molecular complexity index is 434. The maximum atomic E-state index is 12.2. The third-order valence-electron chi connectivity index (χ3n) is 1.87. The van der Waals surface area contributed by atoms with E-state index in [2.05, 4.69) is 0 Å². The quantitative estimate of drug-likeness (QED) is 0.473. The predicted octanol–water partition coefficient (Wildman–Crippen LogP) is 2.11. The summed E-state index contributed by atoms with van der Waals surface area (Å²) in [4.78, 5) is 19.3. The minimum Gasteiger partial charge on any atom is -0.258 e. The van der Waals surface area contributed by atoms with Crippen LogP contribution >= 0.6 is 0 Å². The van der Waals surface area contributed by atoms with E-state index < -0.39 is 21.2 Å². The molecule has 0 atom stereocenters. The zero-order chi connectivity index (χ0) is 11.6. The minimum atomic E-state index is -0.826. The third-order valence-corrected chi connectivity index (χ3v) is 1.87. The summed E-state index contributed by atoms with van der Waals surface area (Å²) in [6.07, 6.45) is 0. The fourth-order valence-corrected chi connectivity index (χ4v) is 1.08. The largest absolute Gasteiger partial charge is 0.281 e. The summed E-state index contributed by atoms with van der Waals surface area (Å²) in [6.45, 7) is 1.30. The van der Waals surface area contributed by atoms with Gasteiger partial charge in [0.2, 0.25) is 0 Å². The highest BCUT2D eigenvalue weighted by Gasteiger charge is 2.21. The van der Waals surface area contributed by atoms with Crippen LogP contribution in [0.3, 0.4) is 0 Å². The Hall–Kier alpha value is -2.25. The van der Waals surface area contributed by atoms with Crippen molar-refractivity contribution >= 4 is 17.1 Å².